The maximum absolute atomic E-state index is 11.0. The quantitative estimate of drug-likeness (QED) is 0.709. The zero-order chi connectivity index (χ0) is 15.0. The minimum Gasteiger partial charge on any atom is -0.384 e. The van der Waals surface area contributed by atoms with Crippen molar-refractivity contribution in [2.45, 2.75) is 26.9 Å². The normalized spacial score (nSPS) is 12.6. The van der Waals surface area contributed by atoms with Gasteiger partial charge in [0.05, 0.1) is 0 Å². The van der Waals surface area contributed by atoms with Crippen LogP contribution < -0.4 is 0 Å². The summed E-state index contributed by atoms with van der Waals surface area (Å²) >= 11 is 0. The maximum atomic E-state index is 11.0. The standard InChI is InChI=1S/C20H20O/c1-13-8-9-14(2)18(12-13)20(21)19-15(3)10-11-16-6-4-5-7-17(16)19/h4-12,20-21H,1-3H3. The SMILES string of the molecule is Cc1ccc(C)c(C(O)c2c(C)ccc3ccccc23)c1. The lowest BCUT2D eigenvalue weighted by atomic mass is 9.89. The molecule has 21 heavy (non-hydrogen) atoms. The second kappa shape index (κ2) is 5.34. The molecule has 1 N–H and O–H groups in total. The summed E-state index contributed by atoms with van der Waals surface area (Å²) in [6.45, 7) is 6.18. The molecule has 3 aromatic rings. The van der Waals surface area contributed by atoms with Crippen LogP contribution in [-0.4, -0.2) is 5.11 Å². The zero-order valence-electron chi connectivity index (χ0n) is 12.7. The van der Waals surface area contributed by atoms with Crippen LogP contribution in [0.15, 0.2) is 54.6 Å². The van der Waals surface area contributed by atoms with Crippen molar-refractivity contribution in [3.63, 3.8) is 0 Å². The van der Waals surface area contributed by atoms with Crippen LogP contribution in [0.25, 0.3) is 10.8 Å². The van der Waals surface area contributed by atoms with E-state index in [2.05, 4.69) is 63.2 Å². The van der Waals surface area contributed by atoms with Crippen molar-refractivity contribution in [3.8, 4) is 0 Å². The van der Waals surface area contributed by atoms with Crippen molar-refractivity contribution in [1.29, 1.82) is 0 Å². The summed E-state index contributed by atoms with van der Waals surface area (Å²) < 4.78 is 0. The molecule has 0 radical (unpaired) electrons. The molecule has 0 spiro atoms. The molecule has 3 aromatic carbocycles. The molecule has 1 atom stereocenters. The third-order valence-corrected chi connectivity index (χ3v) is 4.19. The Balaban J connectivity index is 2.24. The first kappa shape index (κ1) is 13.8. The van der Waals surface area contributed by atoms with Gasteiger partial charge >= 0.3 is 0 Å². The minimum atomic E-state index is -0.587. The molecule has 0 aliphatic carbocycles. The summed E-state index contributed by atoms with van der Waals surface area (Å²) in [7, 11) is 0. The third-order valence-electron chi connectivity index (χ3n) is 4.19. The van der Waals surface area contributed by atoms with E-state index in [1.54, 1.807) is 0 Å². The van der Waals surface area contributed by atoms with Gasteiger partial charge in [0.25, 0.3) is 0 Å². The summed E-state index contributed by atoms with van der Waals surface area (Å²) in [6, 6.07) is 18.7. The summed E-state index contributed by atoms with van der Waals surface area (Å²) in [4.78, 5) is 0. The Hall–Kier alpha value is -2.12. The van der Waals surface area contributed by atoms with E-state index in [1.807, 2.05) is 12.1 Å². The lowest BCUT2D eigenvalue weighted by Crippen LogP contribution is -2.05. The van der Waals surface area contributed by atoms with Crippen LogP contribution in [-0.2, 0) is 0 Å². The van der Waals surface area contributed by atoms with E-state index in [0.717, 1.165) is 27.6 Å². The lowest BCUT2D eigenvalue weighted by molar-refractivity contribution is 0.220. The van der Waals surface area contributed by atoms with Gasteiger partial charge in [-0.2, -0.15) is 0 Å². The summed E-state index contributed by atoms with van der Waals surface area (Å²) in [5.74, 6) is 0. The monoisotopic (exact) mass is 276 g/mol. The maximum Gasteiger partial charge on any atom is 0.105 e. The fourth-order valence-electron chi connectivity index (χ4n) is 2.98. The number of fused-ring (bicyclic) bond motifs is 1. The van der Waals surface area contributed by atoms with Crippen LogP contribution in [0.5, 0.6) is 0 Å². The minimum absolute atomic E-state index is 0.587. The van der Waals surface area contributed by atoms with E-state index in [0.29, 0.717) is 0 Å². The van der Waals surface area contributed by atoms with Gasteiger partial charge in [-0.05, 0) is 53.8 Å². The summed E-state index contributed by atoms with van der Waals surface area (Å²) in [6.07, 6.45) is -0.587. The number of benzene rings is 3. The van der Waals surface area contributed by atoms with Crippen molar-refractivity contribution in [3.05, 3.63) is 82.4 Å². The third kappa shape index (κ3) is 2.45. The van der Waals surface area contributed by atoms with Crippen LogP contribution in [0, 0.1) is 20.8 Å². The highest BCUT2D eigenvalue weighted by Gasteiger charge is 2.17. The number of aryl methyl sites for hydroxylation is 3. The van der Waals surface area contributed by atoms with Gasteiger partial charge in [0.1, 0.15) is 6.10 Å². The van der Waals surface area contributed by atoms with Gasteiger partial charge in [-0.3, -0.25) is 0 Å². The van der Waals surface area contributed by atoms with E-state index in [-0.39, 0.29) is 0 Å². The number of rotatable bonds is 2. The molecule has 0 aromatic heterocycles. The fraction of sp³-hybridized carbons (Fsp3) is 0.200. The molecule has 3 rings (SSSR count). The highest BCUT2D eigenvalue weighted by atomic mass is 16.3. The molecule has 0 bridgehead atoms. The summed E-state index contributed by atoms with van der Waals surface area (Å²) in [5, 5.41) is 13.3. The average Bonchev–Trinajstić information content (AvgIpc) is 2.49. The van der Waals surface area contributed by atoms with Crippen LogP contribution in [0.3, 0.4) is 0 Å². The van der Waals surface area contributed by atoms with Crippen LogP contribution in [0.1, 0.15) is 33.9 Å². The van der Waals surface area contributed by atoms with Crippen LogP contribution in [0.4, 0.5) is 0 Å². The first-order valence-corrected chi connectivity index (χ1v) is 7.31. The van der Waals surface area contributed by atoms with Gasteiger partial charge in [0, 0.05) is 0 Å². The second-order valence-electron chi connectivity index (χ2n) is 5.78. The largest absolute Gasteiger partial charge is 0.384 e. The molecular weight excluding hydrogens is 256 g/mol. The molecule has 0 heterocycles. The second-order valence-corrected chi connectivity index (χ2v) is 5.78. The first-order chi connectivity index (χ1) is 10.1. The molecule has 0 aliphatic heterocycles. The van der Waals surface area contributed by atoms with Crippen molar-refractivity contribution in [2.75, 3.05) is 0 Å². The van der Waals surface area contributed by atoms with Crippen LogP contribution >= 0.6 is 0 Å². The van der Waals surface area contributed by atoms with Gasteiger partial charge in [0.2, 0.25) is 0 Å². The zero-order valence-corrected chi connectivity index (χ0v) is 12.7. The molecule has 106 valence electrons. The van der Waals surface area contributed by atoms with Crippen molar-refractivity contribution >= 4 is 10.8 Å². The fourth-order valence-corrected chi connectivity index (χ4v) is 2.98. The van der Waals surface area contributed by atoms with E-state index < -0.39 is 6.10 Å². The summed E-state index contributed by atoms with van der Waals surface area (Å²) in [5.41, 5.74) is 5.44. The van der Waals surface area contributed by atoms with Crippen molar-refractivity contribution < 1.29 is 5.11 Å². The Morgan fingerprint density at radius 1 is 0.810 bits per heavy atom. The highest BCUT2D eigenvalue weighted by Crippen LogP contribution is 2.33. The first-order valence-electron chi connectivity index (χ1n) is 7.31. The predicted molar refractivity (Wildman–Crippen MR) is 88.7 cm³/mol. The van der Waals surface area contributed by atoms with E-state index in [9.17, 15) is 5.11 Å². The number of aliphatic hydroxyl groups is 1. The van der Waals surface area contributed by atoms with Crippen molar-refractivity contribution in [2.24, 2.45) is 0 Å². The van der Waals surface area contributed by atoms with Gasteiger partial charge in [-0.15, -0.1) is 0 Å². The van der Waals surface area contributed by atoms with E-state index >= 15 is 0 Å². The van der Waals surface area contributed by atoms with Gasteiger partial charge in [0.15, 0.2) is 0 Å². The molecule has 0 saturated carbocycles. The highest BCUT2D eigenvalue weighted by molar-refractivity contribution is 5.87. The number of aliphatic hydroxyl groups excluding tert-OH is 1. The Morgan fingerprint density at radius 2 is 1.52 bits per heavy atom. The lowest BCUT2D eigenvalue weighted by Gasteiger charge is -2.19. The molecule has 1 nitrogen and oxygen atoms in total. The Labute approximate surface area is 125 Å². The number of hydrogen-bond donors (Lipinski definition) is 1. The molecule has 0 amide bonds. The number of hydrogen-bond acceptors (Lipinski definition) is 1. The molecule has 1 heteroatoms. The Kier molecular flexibility index (Phi) is 3.52. The smallest absolute Gasteiger partial charge is 0.105 e. The van der Waals surface area contributed by atoms with Crippen molar-refractivity contribution in [1.82, 2.24) is 0 Å². The molecule has 0 fully saturated rings. The molecule has 1 unspecified atom stereocenters. The average molecular weight is 276 g/mol. The van der Waals surface area contributed by atoms with Gasteiger partial charge < -0.3 is 5.11 Å². The predicted octanol–water partition coefficient (Wildman–Crippen LogP) is 4.85. The van der Waals surface area contributed by atoms with Gasteiger partial charge in [-0.25, -0.2) is 0 Å². The molecular formula is C20H20O. The van der Waals surface area contributed by atoms with E-state index in [1.165, 1.54) is 10.9 Å². The molecule has 0 aliphatic rings. The van der Waals surface area contributed by atoms with E-state index in [4.69, 9.17) is 0 Å². The van der Waals surface area contributed by atoms with Crippen LogP contribution in [0.2, 0.25) is 0 Å². The van der Waals surface area contributed by atoms with Gasteiger partial charge in [-0.1, -0.05) is 60.2 Å². The topological polar surface area (TPSA) is 20.2 Å². The molecule has 0 saturated heterocycles. The Bertz CT molecular complexity index is 802. The Morgan fingerprint density at radius 3 is 2.33 bits per heavy atom.